The van der Waals surface area contributed by atoms with Gasteiger partial charge >= 0.3 is 0 Å². The molecular weight excluding hydrogens is 166 g/mol. The van der Waals surface area contributed by atoms with E-state index in [1.54, 1.807) is 7.11 Å². The zero-order valence-corrected chi connectivity index (χ0v) is 7.69. The molecule has 0 aliphatic heterocycles. The summed E-state index contributed by atoms with van der Waals surface area (Å²) in [4.78, 5) is 2.71. The maximum absolute atomic E-state index is 8.18. The molecule has 0 atom stereocenters. The second-order valence-electron chi connectivity index (χ2n) is 2.66. The van der Waals surface area contributed by atoms with Crippen molar-refractivity contribution in [1.82, 2.24) is 0 Å². The largest absolute Gasteiger partial charge is 0.496 e. The Hall–Kier alpha value is -1.67. The summed E-state index contributed by atoms with van der Waals surface area (Å²) in [6.07, 6.45) is 0. The molecule has 1 rings (SSSR count). The third-order valence-electron chi connectivity index (χ3n) is 1.80. The minimum absolute atomic E-state index is 0.335. The Morgan fingerprint density at radius 1 is 1.54 bits per heavy atom. The van der Waals surface area contributed by atoms with Gasteiger partial charge in [-0.15, -0.1) is 0 Å². The van der Waals surface area contributed by atoms with E-state index >= 15 is 0 Å². The van der Waals surface area contributed by atoms with E-state index in [0.29, 0.717) is 6.54 Å². The first-order chi connectivity index (χ1) is 6.29. The molecule has 0 saturated carbocycles. The van der Waals surface area contributed by atoms with Crippen LogP contribution in [0.3, 0.4) is 0 Å². The summed E-state index contributed by atoms with van der Waals surface area (Å²) in [5.74, 6) is 0.801. The smallest absolute Gasteiger partial charge is 0.125 e. The molecule has 13 heavy (non-hydrogen) atoms. The van der Waals surface area contributed by atoms with Crippen LogP contribution in [0.2, 0.25) is 0 Å². The van der Waals surface area contributed by atoms with Gasteiger partial charge < -0.3 is 4.74 Å². The van der Waals surface area contributed by atoms with Crippen molar-refractivity contribution in [3.63, 3.8) is 0 Å². The van der Waals surface area contributed by atoms with Crippen LogP contribution in [0, 0.1) is 6.92 Å². The van der Waals surface area contributed by atoms with Crippen molar-refractivity contribution in [1.29, 1.82) is 0 Å². The van der Waals surface area contributed by atoms with Crippen molar-refractivity contribution >= 4 is 0 Å². The Morgan fingerprint density at radius 2 is 2.31 bits per heavy atom. The van der Waals surface area contributed by atoms with Crippen LogP contribution in [-0.2, 0) is 6.54 Å². The first-order valence-electron chi connectivity index (χ1n) is 3.93. The monoisotopic (exact) mass is 177 g/mol. The van der Waals surface area contributed by atoms with Gasteiger partial charge in [-0.3, -0.25) is 0 Å². The van der Waals surface area contributed by atoms with Crippen molar-refractivity contribution in [2.24, 2.45) is 5.11 Å². The molecule has 0 saturated heterocycles. The number of nitrogens with zero attached hydrogens (tertiary/aromatic N) is 3. The van der Waals surface area contributed by atoms with Crippen molar-refractivity contribution in [3.05, 3.63) is 39.8 Å². The van der Waals surface area contributed by atoms with Gasteiger partial charge in [-0.05, 0) is 18.0 Å². The zero-order valence-electron chi connectivity index (χ0n) is 7.69. The molecule has 0 unspecified atom stereocenters. The molecule has 0 fully saturated rings. The number of rotatable bonds is 3. The first kappa shape index (κ1) is 9.42. The summed E-state index contributed by atoms with van der Waals surface area (Å²) in [6.45, 7) is 2.29. The topological polar surface area (TPSA) is 58.0 Å². The summed E-state index contributed by atoms with van der Waals surface area (Å²) >= 11 is 0. The molecule has 1 aromatic rings. The number of hydrogen-bond donors (Lipinski definition) is 0. The molecule has 0 aliphatic rings. The highest BCUT2D eigenvalue weighted by molar-refractivity contribution is 5.40. The Labute approximate surface area is 76.8 Å². The lowest BCUT2D eigenvalue weighted by Gasteiger charge is -2.08. The van der Waals surface area contributed by atoms with Crippen LogP contribution in [0.5, 0.6) is 5.75 Å². The minimum Gasteiger partial charge on any atom is -0.496 e. The molecule has 4 nitrogen and oxygen atoms in total. The highest BCUT2D eigenvalue weighted by Crippen LogP contribution is 2.23. The molecule has 68 valence electrons. The van der Waals surface area contributed by atoms with Crippen LogP contribution in [-0.4, -0.2) is 7.11 Å². The van der Waals surface area contributed by atoms with Crippen molar-refractivity contribution in [3.8, 4) is 5.75 Å². The fourth-order valence-corrected chi connectivity index (χ4v) is 1.24. The molecule has 0 radical (unpaired) electrons. The second-order valence-corrected chi connectivity index (χ2v) is 2.66. The van der Waals surface area contributed by atoms with E-state index in [4.69, 9.17) is 10.3 Å². The molecular formula is C9H11N3O. The minimum atomic E-state index is 0.335. The van der Waals surface area contributed by atoms with E-state index in [-0.39, 0.29) is 0 Å². The number of aryl methyl sites for hydroxylation is 1. The molecule has 0 spiro atoms. The quantitative estimate of drug-likeness (QED) is 0.398. The number of benzene rings is 1. The molecule has 0 aliphatic carbocycles. The summed E-state index contributed by atoms with van der Waals surface area (Å²) in [5, 5.41) is 3.49. The van der Waals surface area contributed by atoms with Crippen molar-refractivity contribution < 1.29 is 4.74 Å². The number of hydrogen-bond acceptors (Lipinski definition) is 2. The predicted molar refractivity (Wildman–Crippen MR) is 50.6 cm³/mol. The molecule has 0 heterocycles. The van der Waals surface area contributed by atoms with Gasteiger partial charge in [-0.2, -0.15) is 0 Å². The summed E-state index contributed by atoms with van der Waals surface area (Å²) in [6, 6.07) is 5.76. The summed E-state index contributed by atoms with van der Waals surface area (Å²) < 4.78 is 5.19. The molecule has 0 N–H and O–H groups in total. The van der Waals surface area contributed by atoms with E-state index in [1.807, 2.05) is 25.1 Å². The SMILES string of the molecule is COc1c(C)cccc1CN=[N+]=[N-]. The van der Waals surface area contributed by atoms with Gasteiger partial charge in [0.05, 0.1) is 13.7 Å². The molecule has 0 amide bonds. The summed E-state index contributed by atoms with van der Waals surface area (Å²) in [7, 11) is 1.61. The van der Waals surface area contributed by atoms with E-state index in [9.17, 15) is 0 Å². The zero-order chi connectivity index (χ0) is 9.68. The maximum atomic E-state index is 8.18. The van der Waals surface area contributed by atoms with Gasteiger partial charge in [-0.25, -0.2) is 0 Å². The Bertz CT molecular complexity index is 343. The normalized spacial score (nSPS) is 9.08. The number of ether oxygens (including phenoxy) is 1. The van der Waals surface area contributed by atoms with Crippen LogP contribution in [0.4, 0.5) is 0 Å². The van der Waals surface area contributed by atoms with Gasteiger partial charge in [0.1, 0.15) is 5.75 Å². The number of methoxy groups -OCH3 is 1. The highest BCUT2D eigenvalue weighted by Gasteiger charge is 2.03. The third-order valence-corrected chi connectivity index (χ3v) is 1.80. The highest BCUT2D eigenvalue weighted by atomic mass is 16.5. The van der Waals surface area contributed by atoms with E-state index in [1.165, 1.54) is 0 Å². The molecule has 1 aromatic carbocycles. The fraction of sp³-hybridized carbons (Fsp3) is 0.333. The third kappa shape index (κ3) is 2.13. The summed E-state index contributed by atoms with van der Waals surface area (Å²) in [5.41, 5.74) is 10.1. The van der Waals surface area contributed by atoms with Crippen molar-refractivity contribution in [2.75, 3.05) is 7.11 Å². The Kier molecular flexibility index (Phi) is 3.17. The van der Waals surface area contributed by atoms with Gasteiger partial charge in [0, 0.05) is 10.5 Å². The average molecular weight is 177 g/mol. The number of para-hydroxylation sites is 1. The van der Waals surface area contributed by atoms with Gasteiger partial charge in [0.25, 0.3) is 0 Å². The van der Waals surface area contributed by atoms with Crippen LogP contribution >= 0.6 is 0 Å². The van der Waals surface area contributed by atoms with Gasteiger partial charge in [0.2, 0.25) is 0 Å². The van der Waals surface area contributed by atoms with E-state index in [0.717, 1.165) is 16.9 Å². The lowest BCUT2D eigenvalue weighted by Crippen LogP contribution is -1.92. The predicted octanol–water partition coefficient (Wildman–Crippen LogP) is 2.81. The second kappa shape index (κ2) is 4.38. The van der Waals surface area contributed by atoms with Crippen LogP contribution < -0.4 is 4.74 Å². The van der Waals surface area contributed by atoms with Crippen molar-refractivity contribution in [2.45, 2.75) is 13.5 Å². The molecule has 0 bridgehead atoms. The van der Waals surface area contributed by atoms with Crippen LogP contribution in [0.25, 0.3) is 10.4 Å². The Morgan fingerprint density at radius 3 is 2.92 bits per heavy atom. The lowest BCUT2D eigenvalue weighted by atomic mass is 10.1. The average Bonchev–Trinajstić information content (AvgIpc) is 2.15. The van der Waals surface area contributed by atoms with Gasteiger partial charge in [-0.1, -0.05) is 23.3 Å². The van der Waals surface area contributed by atoms with E-state index in [2.05, 4.69) is 10.0 Å². The van der Waals surface area contributed by atoms with E-state index < -0.39 is 0 Å². The molecule has 4 heteroatoms. The van der Waals surface area contributed by atoms with Crippen LogP contribution in [0.1, 0.15) is 11.1 Å². The fourth-order valence-electron chi connectivity index (χ4n) is 1.24. The van der Waals surface area contributed by atoms with Crippen LogP contribution in [0.15, 0.2) is 23.3 Å². The standard InChI is InChI=1S/C9H11N3O/c1-7-4-3-5-8(6-11-12-10)9(7)13-2/h3-5H,6H2,1-2H3. The molecule has 0 aromatic heterocycles. The first-order valence-corrected chi connectivity index (χ1v) is 3.93. The maximum Gasteiger partial charge on any atom is 0.125 e. The lowest BCUT2D eigenvalue weighted by molar-refractivity contribution is 0.406. The Balaban J connectivity index is 3.04. The number of azide groups is 1. The van der Waals surface area contributed by atoms with Gasteiger partial charge in [0.15, 0.2) is 0 Å².